The van der Waals surface area contributed by atoms with Crippen molar-refractivity contribution in [3.05, 3.63) is 0 Å². The van der Waals surface area contributed by atoms with Crippen LogP contribution in [0.2, 0.25) is 0 Å². The van der Waals surface area contributed by atoms with Gasteiger partial charge in [-0.1, -0.05) is 19.8 Å². The molecule has 4 atom stereocenters. The number of nitrogens with one attached hydrogen (secondary N) is 1. The van der Waals surface area contributed by atoms with Gasteiger partial charge in [-0.3, -0.25) is 0 Å². The molecule has 3 rings (SSSR count). The van der Waals surface area contributed by atoms with E-state index in [1.165, 1.54) is 57.9 Å². The van der Waals surface area contributed by atoms with E-state index in [9.17, 15) is 0 Å². The largest absolute Gasteiger partial charge is 0.381 e. The summed E-state index contributed by atoms with van der Waals surface area (Å²) < 4.78 is 5.77. The topological polar surface area (TPSA) is 21.3 Å². The molecule has 0 amide bonds. The van der Waals surface area contributed by atoms with Crippen LogP contribution in [0.4, 0.5) is 0 Å². The highest BCUT2D eigenvalue weighted by Gasteiger charge is 2.36. The molecule has 1 saturated heterocycles. The van der Waals surface area contributed by atoms with Crippen molar-refractivity contribution in [2.75, 3.05) is 19.8 Å². The lowest BCUT2D eigenvalue weighted by atomic mass is 9.67. The van der Waals surface area contributed by atoms with Crippen molar-refractivity contribution in [1.82, 2.24) is 5.32 Å². The Morgan fingerprint density at radius 3 is 2.68 bits per heavy atom. The van der Waals surface area contributed by atoms with Crippen LogP contribution in [-0.2, 0) is 4.74 Å². The summed E-state index contributed by atoms with van der Waals surface area (Å²) in [6.45, 7) is 5.70. The zero-order chi connectivity index (χ0) is 13.1. The van der Waals surface area contributed by atoms with Gasteiger partial charge in [0.15, 0.2) is 0 Å². The van der Waals surface area contributed by atoms with Crippen LogP contribution in [-0.4, -0.2) is 25.8 Å². The Morgan fingerprint density at radius 1 is 1.11 bits per heavy atom. The Morgan fingerprint density at radius 2 is 2.00 bits per heavy atom. The van der Waals surface area contributed by atoms with Crippen molar-refractivity contribution in [3.63, 3.8) is 0 Å². The molecule has 0 aromatic rings. The molecule has 110 valence electrons. The Labute approximate surface area is 118 Å². The van der Waals surface area contributed by atoms with Crippen molar-refractivity contribution in [1.29, 1.82) is 0 Å². The van der Waals surface area contributed by atoms with E-state index >= 15 is 0 Å². The fourth-order valence-electron chi connectivity index (χ4n) is 4.27. The minimum atomic E-state index is 0.856. The number of rotatable bonds is 5. The van der Waals surface area contributed by atoms with Crippen LogP contribution in [0.25, 0.3) is 0 Å². The monoisotopic (exact) mass is 265 g/mol. The zero-order valence-electron chi connectivity index (χ0n) is 12.6. The fourth-order valence-corrected chi connectivity index (χ4v) is 4.27. The predicted octanol–water partition coefficient (Wildman–Crippen LogP) is 3.61. The summed E-state index contributed by atoms with van der Waals surface area (Å²) in [6, 6.07) is 0.868. The highest BCUT2D eigenvalue weighted by atomic mass is 16.5. The van der Waals surface area contributed by atoms with E-state index in [1.807, 2.05) is 0 Å². The van der Waals surface area contributed by atoms with E-state index in [1.54, 1.807) is 0 Å². The number of hydrogen-bond donors (Lipinski definition) is 1. The molecule has 2 heteroatoms. The first-order valence-corrected chi connectivity index (χ1v) is 8.68. The molecule has 1 N–H and O–H groups in total. The minimum absolute atomic E-state index is 0.856. The maximum atomic E-state index is 5.77. The lowest BCUT2D eigenvalue weighted by Crippen LogP contribution is -2.39. The van der Waals surface area contributed by atoms with E-state index in [2.05, 4.69) is 12.2 Å². The maximum absolute atomic E-state index is 5.77. The van der Waals surface area contributed by atoms with Crippen molar-refractivity contribution in [2.24, 2.45) is 23.7 Å². The lowest BCUT2D eigenvalue weighted by molar-refractivity contribution is -0.00317. The first-order valence-electron chi connectivity index (χ1n) is 8.68. The van der Waals surface area contributed by atoms with Gasteiger partial charge in [0.2, 0.25) is 0 Å². The summed E-state index contributed by atoms with van der Waals surface area (Å²) in [7, 11) is 0. The molecular weight excluding hydrogens is 234 g/mol. The van der Waals surface area contributed by atoms with Crippen molar-refractivity contribution in [2.45, 2.75) is 64.3 Å². The van der Waals surface area contributed by atoms with Crippen LogP contribution in [0.1, 0.15) is 58.3 Å². The van der Waals surface area contributed by atoms with E-state index in [0.29, 0.717) is 0 Å². The molecule has 19 heavy (non-hydrogen) atoms. The van der Waals surface area contributed by atoms with Crippen LogP contribution in [0, 0.1) is 23.7 Å². The molecule has 2 aliphatic carbocycles. The third-order valence-corrected chi connectivity index (χ3v) is 5.78. The van der Waals surface area contributed by atoms with E-state index in [4.69, 9.17) is 4.74 Å². The molecule has 1 heterocycles. The molecule has 3 fully saturated rings. The molecular formula is C17H31NO. The molecule has 2 saturated carbocycles. The van der Waals surface area contributed by atoms with Crippen LogP contribution in [0.15, 0.2) is 0 Å². The van der Waals surface area contributed by atoms with Crippen LogP contribution in [0.3, 0.4) is 0 Å². The molecule has 0 aromatic heterocycles. The van der Waals surface area contributed by atoms with Gasteiger partial charge in [-0.25, -0.2) is 0 Å². The van der Waals surface area contributed by atoms with Crippen molar-refractivity contribution in [3.8, 4) is 0 Å². The van der Waals surface area contributed by atoms with Gasteiger partial charge in [-0.05, 0) is 68.7 Å². The standard InChI is InChI=1S/C17H31NO/c1-2-13-5-6-14(11-18-16-7-8-16)17(10-13)15-4-3-9-19-12-15/h13-18H,2-12H2,1H3. The average Bonchev–Trinajstić information content (AvgIpc) is 3.30. The molecule has 0 spiro atoms. The van der Waals surface area contributed by atoms with Crippen molar-refractivity contribution < 1.29 is 4.74 Å². The summed E-state index contributed by atoms with van der Waals surface area (Å²) >= 11 is 0. The highest BCUT2D eigenvalue weighted by molar-refractivity contribution is 4.89. The van der Waals surface area contributed by atoms with E-state index in [-0.39, 0.29) is 0 Å². The SMILES string of the molecule is CCC1CCC(CNC2CC2)C(C2CCCOC2)C1. The first kappa shape index (κ1) is 13.9. The Bertz CT molecular complexity index is 270. The quantitative estimate of drug-likeness (QED) is 0.820. The van der Waals surface area contributed by atoms with Gasteiger partial charge in [0, 0.05) is 19.3 Å². The molecule has 0 bridgehead atoms. The normalized spacial score (nSPS) is 40.3. The van der Waals surface area contributed by atoms with Gasteiger partial charge in [0.05, 0.1) is 0 Å². The van der Waals surface area contributed by atoms with Crippen LogP contribution < -0.4 is 5.32 Å². The Kier molecular flexibility index (Phi) is 4.81. The first-order chi connectivity index (χ1) is 9.36. The summed E-state index contributed by atoms with van der Waals surface area (Å²) in [5.74, 6) is 3.71. The van der Waals surface area contributed by atoms with Gasteiger partial charge >= 0.3 is 0 Å². The molecule has 1 aliphatic heterocycles. The fraction of sp³-hybridized carbons (Fsp3) is 1.00. The van der Waals surface area contributed by atoms with E-state index in [0.717, 1.165) is 42.9 Å². The van der Waals surface area contributed by atoms with Crippen LogP contribution in [0.5, 0.6) is 0 Å². The maximum Gasteiger partial charge on any atom is 0.0497 e. The average molecular weight is 265 g/mol. The highest BCUT2D eigenvalue weighted by Crippen LogP contribution is 2.42. The third kappa shape index (κ3) is 3.72. The molecule has 3 aliphatic rings. The van der Waals surface area contributed by atoms with Gasteiger partial charge in [-0.2, -0.15) is 0 Å². The predicted molar refractivity (Wildman–Crippen MR) is 79.2 cm³/mol. The van der Waals surface area contributed by atoms with Gasteiger partial charge in [0.25, 0.3) is 0 Å². The minimum Gasteiger partial charge on any atom is -0.381 e. The molecule has 0 radical (unpaired) electrons. The Balaban J connectivity index is 1.57. The molecule has 2 nitrogen and oxygen atoms in total. The smallest absolute Gasteiger partial charge is 0.0497 e. The molecule has 0 aromatic carbocycles. The second-order valence-electron chi connectivity index (χ2n) is 7.17. The summed E-state index contributed by atoms with van der Waals surface area (Å²) in [6.07, 6.45) is 11.3. The number of hydrogen-bond acceptors (Lipinski definition) is 2. The van der Waals surface area contributed by atoms with Gasteiger partial charge in [0.1, 0.15) is 0 Å². The summed E-state index contributed by atoms with van der Waals surface area (Å²) in [5.41, 5.74) is 0. The summed E-state index contributed by atoms with van der Waals surface area (Å²) in [4.78, 5) is 0. The van der Waals surface area contributed by atoms with E-state index < -0.39 is 0 Å². The molecule has 4 unspecified atom stereocenters. The number of ether oxygens (including phenoxy) is 1. The van der Waals surface area contributed by atoms with Gasteiger partial charge in [-0.15, -0.1) is 0 Å². The lowest BCUT2D eigenvalue weighted by Gasteiger charge is -2.42. The van der Waals surface area contributed by atoms with Crippen molar-refractivity contribution >= 4 is 0 Å². The second kappa shape index (κ2) is 6.58. The van der Waals surface area contributed by atoms with Crippen LogP contribution >= 0.6 is 0 Å². The zero-order valence-corrected chi connectivity index (χ0v) is 12.6. The summed E-state index contributed by atoms with van der Waals surface area (Å²) in [5, 5.41) is 3.79. The Hall–Kier alpha value is -0.0800. The van der Waals surface area contributed by atoms with Gasteiger partial charge < -0.3 is 10.1 Å². The second-order valence-corrected chi connectivity index (χ2v) is 7.17. The third-order valence-electron chi connectivity index (χ3n) is 5.78.